The van der Waals surface area contributed by atoms with E-state index in [1.807, 2.05) is 18.2 Å². The van der Waals surface area contributed by atoms with Crippen LogP contribution in [0.5, 0.6) is 5.75 Å². The summed E-state index contributed by atoms with van der Waals surface area (Å²) in [5, 5.41) is 14.6. The summed E-state index contributed by atoms with van der Waals surface area (Å²) in [5.41, 5.74) is 2.19. The molecule has 8 heteroatoms. The molecule has 0 spiro atoms. The minimum Gasteiger partial charge on any atom is -0.496 e. The summed E-state index contributed by atoms with van der Waals surface area (Å²) >= 11 is 0. The minimum absolute atomic E-state index is 0.0711. The second-order valence-corrected chi connectivity index (χ2v) is 7.99. The number of nitrogens with one attached hydrogen (secondary N) is 1. The average molecular weight is 362 g/mol. The van der Waals surface area contributed by atoms with Gasteiger partial charge < -0.3 is 10.1 Å². The molecular weight excluding hydrogens is 344 g/mol. The van der Waals surface area contributed by atoms with Gasteiger partial charge >= 0.3 is 0 Å². The lowest BCUT2D eigenvalue weighted by atomic mass is 10.1. The van der Waals surface area contributed by atoms with Crippen LogP contribution in [0.4, 0.5) is 11.4 Å². The Balaban J connectivity index is 1.97. The van der Waals surface area contributed by atoms with Crippen LogP contribution in [-0.4, -0.2) is 26.7 Å². The number of benzene rings is 2. The molecular formula is C17H18N2O5S. The highest BCUT2D eigenvalue weighted by Gasteiger charge is 2.27. The summed E-state index contributed by atoms with van der Waals surface area (Å²) in [5.74, 6) is 0.809. The monoisotopic (exact) mass is 362 g/mol. The van der Waals surface area contributed by atoms with Gasteiger partial charge in [-0.1, -0.05) is 12.1 Å². The van der Waals surface area contributed by atoms with Crippen molar-refractivity contribution >= 4 is 21.2 Å². The van der Waals surface area contributed by atoms with E-state index in [4.69, 9.17) is 4.74 Å². The van der Waals surface area contributed by atoms with Gasteiger partial charge in [0.1, 0.15) is 11.4 Å². The first-order valence-electron chi connectivity index (χ1n) is 7.72. The van der Waals surface area contributed by atoms with Crippen molar-refractivity contribution in [1.82, 2.24) is 0 Å². The molecule has 1 unspecified atom stereocenters. The molecule has 0 heterocycles. The number of hydrogen-bond acceptors (Lipinski definition) is 6. The van der Waals surface area contributed by atoms with Crippen molar-refractivity contribution in [3.05, 3.63) is 57.6 Å². The fourth-order valence-electron chi connectivity index (χ4n) is 3.16. The molecule has 2 aromatic rings. The summed E-state index contributed by atoms with van der Waals surface area (Å²) in [4.78, 5) is 10.7. The molecule has 0 saturated heterocycles. The Morgan fingerprint density at radius 3 is 2.68 bits per heavy atom. The fraction of sp³-hybridized carbons (Fsp3) is 0.294. The molecule has 0 bridgehead atoms. The molecule has 0 aliphatic heterocycles. The maximum Gasteiger partial charge on any atom is 0.293 e. The van der Waals surface area contributed by atoms with Crippen molar-refractivity contribution in [3.8, 4) is 5.75 Å². The van der Waals surface area contributed by atoms with Crippen LogP contribution in [0.2, 0.25) is 0 Å². The molecule has 3 rings (SSSR count). The molecule has 7 nitrogen and oxygen atoms in total. The number of anilines is 1. The van der Waals surface area contributed by atoms with Gasteiger partial charge in [0.05, 0.1) is 23.0 Å². The number of rotatable bonds is 5. The van der Waals surface area contributed by atoms with E-state index < -0.39 is 14.8 Å². The first-order valence-corrected chi connectivity index (χ1v) is 9.61. The van der Waals surface area contributed by atoms with E-state index in [2.05, 4.69) is 5.32 Å². The van der Waals surface area contributed by atoms with Crippen LogP contribution in [0, 0.1) is 10.1 Å². The topological polar surface area (TPSA) is 98.5 Å². The van der Waals surface area contributed by atoms with Crippen molar-refractivity contribution in [2.75, 3.05) is 18.7 Å². The number of nitro groups is 1. The third-order valence-corrected chi connectivity index (χ3v) is 5.48. The standard InChI is InChI=1S/C17H18N2O5S/c1-24-17-5-3-4-12-13(17)7-9-14(12)18-15-8-6-11(25(2,22)23)10-16(15)19(20)21/h3-6,8,10,14,18H,7,9H2,1-2H3. The third kappa shape index (κ3) is 3.30. The number of fused-ring (bicyclic) bond motifs is 1. The number of sulfone groups is 1. The Kier molecular flexibility index (Phi) is 4.38. The first-order chi connectivity index (χ1) is 11.8. The van der Waals surface area contributed by atoms with E-state index in [-0.39, 0.29) is 16.6 Å². The summed E-state index contributed by atoms with van der Waals surface area (Å²) in [6, 6.07) is 9.59. The molecule has 0 saturated carbocycles. The minimum atomic E-state index is -3.51. The molecule has 132 valence electrons. The summed E-state index contributed by atoms with van der Waals surface area (Å²) < 4.78 is 28.6. The predicted molar refractivity (Wildman–Crippen MR) is 93.9 cm³/mol. The number of hydrogen-bond donors (Lipinski definition) is 1. The Hall–Kier alpha value is -2.61. The van der Waals surface area contributed by atoms with Gasteiger partial charge in [0.2, 0.25) is 0 Å². The van der Waals surface area contributed by atoms with Crippen LogP contribution >= 0.6 is 0 Å². The molecule has 25 heavy (non-hydrogen) atoms. The van der Waals surface area contributed by atoms with E-state index in [9.17, 15) is 18.5 Å². The number of nitrogens with zero attached hydrogens (tertiary/aromatic N) is 1. The third-order valence-electron chi connectivity index (χ3n) is 4.37. The van der Waals surface area contributed by atoms with Gasteiger partial charge in [-0.2, -0.15) is 0 Å². The van der Waals surface area contributed by atoms with E-state index in [1.165, 1.54) is 12.1 Å². The van der Waals surface area contributed by atoms with Crippen LogP contribution in [0.25, 0.3) is 0 Å². The first kappa shape index (κ1) is 17.2. The Labute approximate surface area is 145 Å². The van der Waals surface area contributed by atoms with Crippen molar-refractivity contribution in [2.24, 2.45) is 0 Å². The highest BCUT2D eigenvalue weighted by molar-refractivity contribution is 7.90. The lowest BCUT2D eigenvalue weighted by molar-refractivity contribution is -0.384. The highest BCUT2D eigenvalue weighted by atomic mass is 32.2. The normalized spacial score (nSPS) is 16.3. The van der Waals surface area contributed by atoms with E-state index in [0.29, 0.717) is 5.69 Å². The van der Waals surface area contributed by atoms with Crippen LogP contribution in [0.15, 0.2) is 41.3 Å². The van der Waals surface area contributed by atoms with Gasteiger partial charge in [-0.15, -0.1) is 0 Å². The zero-order chi connectivity index (χ0) is 18.2. The molecule has 0 radical (unpaired) electrons. The Morgan fingerprint density at radius 2 is 2.04 bits per heavy atom. The van der Waals surface area contributed by atoms with Gasteiger partial charge in [0.25, 0.3) is 5.69 Å². The van der Waals surface area contributed by atoms with E-state index in [0.717, 1.165) is 42.0 Å². The van der Waals surface area contributed by atoms with Crippen molar-refractivity contribution in [1.29, 1.82) is 0 Å². The molecule has 0 fully saturated rings. The van der Waals surface area contributed by atoms with E-state index >= 15 is 0 Å². The fourth-order valence-corrected chi connectivity index (χ4v) is 3.81. The Morgan fingerprint density at radius 1 is 1.28 bits per heavy atom. The second kappa shape index (κ2) is 6.36. The molecule has 1 aliphatic rings. The quantitative estimate of drug-likeness (QED) is 0.648. The van der Waals surface area contributed by atoms with Crippen molar-refractivity contribution in [2.45, 2.75) is 23.8 Å². The predicted octanol–water partition coefficient (Wildman–Crippen LogP) is 3.11. The summed E-state index contributed by atoms with van der Waals surface area (Å²) in [6.07, 6.45) is 2.62. The maximum absolute atomic E-state index is 11.6. The Bertz CT molecular complexity index is 940. The van der Waals surface area contributed by atoms with Crippen LogP contribution in [0.1, 0.15) is 23.6 Å². The lowest BCUT2D eigenvalue weighted by Crippen LogP contribution is -2.09. The average Bonchev–Trinajstić information content (AvgIpc) is 2.97. The van der Waals surface area contributed by atoms with E-state index in [1.54, 1.807) is 7.11 Å². The van der Waals surface area contributed by atoms with Gasteiger partial charge in [-0.3, -0.25) is 10.1 Å². The number of ether oxygens (including phenoxy) is 1. The smallest absolute Gasteiger partial charge is 0.293 e. The van der Waals surface area contributed by atoms with Gasteiger partial charge in [-0.05, 0) is 42.2 Å². The van der Waals surface area contributed by atoms with Crippen molar-refractivity contribution in [3.63, 3.8) is 0 Å². The van der Waals surface area contributed by atoms with Crippen LogP contribution in [0.3, 0.4) is 0 Å². The molecule has 1 N–H and O–H groups in total. The molecule has 1 aliphatic carbocycles. The largest absolute Gasteiger partial charge is 0.496 e. The van der Waals surface area contributed by atoms with Gasteiger partial charge in [0, 0.05) is 12.3 Å². The lowest BCUT2D eigenvalue weighted by Gasteiger charge is -2.16. The summed E-state index contributed by atoms with van der Waals surface area (Å²) in [6.45, 7) is 0. The molecule has 0 amide bonds. The SMILES string of the molecule is COc1cccc2c1CCC2Nc1ccc(S(C)(=O)=O)cc1[N+](=O)[O-]. The number of nitro benzene ring substituents is 1. The van der Waals surface area contributed by atoms with Gasteiger partial charge in [-0.25, -0.2) is 8.42 Å². The molecule has 1 atom stereocenters. The van der Waals surface area contributed by atoms with Crippen LogP contribution < -0.4 is 10.1 Å². The molecule has 0 aromatic heterocycles. The maximum atomic E-state index is 11.6. The van der Waals surface area contributed by atoms with Gasteiger partial charge in [0.15, 0.2) is 9.84 Å². The van der Waals surface area contributed by atoms with Crippen molar-refractivity contribution < 1.29 is 18.1 Å². The zero-order valence-corrected chi connectivity index (χ0v) is 14.7. The second-order valence-electron chi connectivity index (χ2n) is 5.97. The summed E-state index contributed by atoms with van der Waals surface area (Å²) in [7, 11) is -1.89. The highest BCUT2D eigenvalue weighted by Crippen LogP contribution is 2.40. The molecule has 2 aromatic carbocycles. The number of methoxy groups -OCH3 is 1. The van der Waals surface area contributed by atoms with Crippen LogP contribution in [-0.2, 0) is 16.3 Å². The zero-order valence-electron chi connectivity index (χ0n) is 13.9.